The number of nitrogens with two attached hydrogens (primary N) is 1. The van der Waals surface area contributed by atoms with Gasteiger partial charge in [0.2, 0.25) is 0 Å². The molecule has 1 aromatic carbocycles. The van der Waals surface area contributed by atoms with Crippen LogP contribution in [0.1, 0.15) is 25.8 Å². The third-order valence-corrected chi connectivity index (χ3v) is 4.73. The first-order valence-electron chi connectivity index (χ1n) is 7.50. The SMILES string of the molecule is CCC(C)(C(N)Cc1c(F)cccc1F)N1CCOCC1. The van der Waals surface area contributed by atoms with Gasteiger partial charge in [-0.05, 0) is 31.9 Å². The van der Waals surface area contributed by atoms with Gasteiger partial charge in [-0.25, -0.2) is 8.78 Å². The summed E-state index contributed by atoms with van der Waals surface area (Å²) < 4.78 is 33.0. The van der Waals surface area contributed by atoms with E-state index in [1.54, 1.807) is 0 Å². The minimum absolute atomic E-state index is 0.0814. The van der Waals surface area contributed by atoms with E-state index in [9.17, 15) is 8.78 Å². The van der Waals surface area contributed by atoms with Gasteiger partial charge in [-0.1, -0.05) is 13.0 Å². The number of benzene rings is 1. The van der Waals surface area contributed by atoms with Crippen LogP contribution in [0.3, 0.4) is 0 Å². The summed E-state index contributed by atoms with van der Waals surface area (Å²) in [7, 11) is 0. The second kappa shape index (κ2) is 6.81. The fourth-order valence-electron chi connectivity index (χ4n) is 2.96. The largest absolute Gasteiger partial charge is 0.379 e. The number of morpholine rings is 1. The smallest absolute Gasteiger partial charge is 0.129 e. The molecule has 0 amide bonds. The van der Waals surface area contributed by atoms with E-state index in [4.69, 9.17) is 10.5 Å². The molecule has 1 heterocycles. The molecule has 21 heavy (non-hydrogen) atoms. The van der Waals surface area contributed by atoms with Crippen LogP contribution in [0.4, 0.5) is 8.78 Å². The molecule has 0 bridgehead atoms. The lowest BCUT2D eigenvalue weighted by Crippen LogP contribution is -2.61. The zero-order chi connectivity index (χ0) is 15.5. The molecule has 0 spiro atoms. The van der Waals surface area contributed by atoms with Gasteiger partial charge < -0.3 is 10.5 Å². The van der Waals surface area contributed by atoms with Gasteiger partial charge in [0.1, 0.15) is 11.6 Å². The first kappa shape index (κ1) is 16.3. The number of rotatable bonds is 5. The van der Waals surface area contributed by atoms with Crippen LogP contribution in [-0.2, 0) is 11.2 Å². The summed E-state index contributed by atoms with van der Waals surface area (Å²) in [6.45, 7) is 7.09. The summed E-state index contributed by atoms with van der Waals surface area (Å²) >= 11 is 0. The van der Waals surface area contributed by atoms with Crippen molar-refractivity contribution in [3.63, 3.8) is 0 Å². The van der Waals surface area contributed by atoms with Gasteiger partial charge in [0.05, 0.1) is 13.2 Å². The first-order chi connectivity index (χ1) is 9.99. The van der Waals surface area contributed by atoms with Crippen molar-refractivity contribution in [1.29, 1.82) is 0 Å². The molecule has 1 fully saturated rings. The van der Waals surface area contributed by atoms with Crippen molar-refractivity contribution in [3.8, 4) is 0 Å². The maximum absolute atomic E-state index is 13.8. The van der Waals surface area contributed by atoms with Crippen LogP contribution in [0.5, 0.6) is 0 Å². The molecule has 3 nitrogen and oxygen atoms in total. The average molecular weight is 298 g/mol. The van der Waals surface area contributed by atoms with E-state index in [2.05, 4.69) is 18.7 Å². The van der Waals surface area contributed by atoms with Crippen molar-refractivity contribution >= 4 is 0 Å². The molecule has 2 atom stereocenters. The fourth-order valence-corrected chi connectivity index (χ4v) is 2.96. The van der Waals surface area contributed by atoms with Gasteiger partial charge in [0.25, 0.3) is 0 Å². The Hall–Kier alpha value is -1.04. The highest BCUT2D eigenvalue weighted by Crippen LogP contribution is 2.27. The molecule has 1 aliphatic rings. The van der Waals surface area contributed by atoms with Gasteiger partial charge in [0, 0.05) is 30.2 Å². The molecule has 0 radical (unpaired) electrons. The Kier molecular flexibility index (Phi) is 5.30. The second-order valence-electron chi connectivity index (χ2n) is 5.82. The van der Waals surface area contributed by atoms with Gasteiger partial charge >= 0.3 is 0 Å². The van der Waals surface area contributed by atoms with Gasteiger partial charge in [-0.2, -0.15) is 0 Å². The Balaban J connectivity index is 2.17. The van der Waals surface area contributed by atoms with E-state index >= 15 is 0 Å². The van der Waals surface area contributed by atoms with Crippen LogP contribution < -0.4 is 5.73 Å². The predicted molar refractivity (Wildman–Crippen MR) is 79.1 cm³/mol. The summed E-state index contributed by atoms with van der Waals surface area (Å²) in [6, 6.07) is 3.60. The number of ether oxygens (including phenoxy) is 1. The Morgan fingerprint density at radius 3 is 2.38 bits per heavy atom. The number of halogens is 2. The van der Waals surface area contributed by atoms with Crippen molar-refractivity contribution in [2.45, 2.75) is 38.3 Å². The fraction of sp³-hybridized carbons (Fsp3) is 0.625. The van der Waals surface area contributed by atoms with Crippen molar-refractivity contribution in [2.24, 2.45) is 5.73 Å². The summed E-state index contributed by atoms with van der Waals surface area (Å²) in [5.41, 5.74) is 6.14. The molecule has 2 unspecified atom stereocenters. The van der Waals surface area contributed by atoms with E-state index < -0.39 is 11.6 Å². The maximum Gasteiger partial charge on any atom is 0.129 e. The minimum atomic E-state index is -0.522. The molecule has 1 aliphatic heterocycles. The van der Waals surface area contributed by atoms with Gasteiger partial charge in [-0.15, -0.1) is 0 Å². The third kappa shape index (κ3) is 3.42. The lowest BCUT2D eigenvalue weighted by molar-refractivity contribution is -0.0274. The number of nitrogens with zero attached hydrogens (tertiary/aromatic N) is 1. The van der Waals surface area contributed by atoms with E-state index in [0.717, 1.165) is 19.5 Å². The highest BCUT2D eigenvalue weighted by molar-refractivity contribution is 5.22. The lowest BCUT2D eigenvalue weighted by Gasteiger charge is -2.46. The molecular weight excluding hydrogens is 274 g/mol. The van der Waals surface area contributed by atoms with E-state index in [1.165, 1.54) is 18.2 Å². The predicted octanol–water partition coefficient (Wildman–Crippen LogP) is 2.34. The van der Waals surface area contributed by atoms with Crippen LogP contribution in [0.25, 0.3) is 0 Å². The normalized spacial score (nSPS) is 21.0. The van der Waals surface area contributed by atoms with E-state index in [-0.39, 0.29) is 23.6 Å². The Morgan fingerprint density at radius 2 is 1.86 bits per heavy atom. The highest BCUT2D eigenvalue weighted by Gasteiger charge is 2.37. The summed E-state index contributed by atoms with van der Waals surface area (Å²) in [5.74, 6) is -1.04. The molecule has 0 aliphatic carbocycles. The van der Waals surface area contributed by atoms with Crippen LogP contribution in [0.2, 0.25) is 0 Å². The third-order valence-electron chi connectivity index (χ3n) is 4.73. The van der Waals surface area contributed by atoms with Crippen molar-refractivity contribution in [3.05, 3.63) is 35.4 Å². The molecule has 1 aromatic rings. The average Bonchev–Trinajstić information content (AvgIpc) is 2.51. The molecule has 2 rings (SSSR count). The molecule has 0 saturated carbocycles. The molecule has 118 valence electrons. The van der Waals surface area contributed by atoms with Gasteiger partial charge in [-0.3, -0.25) is 4.90 Å². The summed E-state index contributed by atoms with van der Waals surface area (Å²) in [6.07, 6.45) is 1.02. The topological polar surface area (TPSA) is 38.5 Å². The second-order valence-corrected chi connectivity index (χ2v) is 5.82. The maximum atomic E-state index is 13.8. The van der Waals surface area contributed by atoms with E-state index in [0.29, 0.717) is 13.2 Å². The number of hydrogen-bond donors (Lipinski definition) is 1. The molecule has 2 N–H and O–H groups in total. The lowest BCUT2D eigenvalue weighted by atomic mass is 9.83. The highest BCUT2D eigenvalue weighted by atomic mass is 19.1. The van der Waals surface area contributed by atoms with Crippen LogP contribution in [-0.4, -0.2) is 42.8 Å². The van der Waals surface area contributed by atoms with Crippen molar-refractivity contribution < 1.29 is 13.5 Å². The zero-order valence-corrected chi connectivity index (χ0v) is 12.7. The minimum Gasteiger partial charge on any atom is -0.379 e. The van der Waals surface area contributed by atoms with Crippen LogP contribution >= 0.6 is 0 Å². The Bertz CT molecular complexity index is 457. The monoisotopic (exact) mass is 298 g/mol. The molecular formula is C16H24F2N2O. The zero-order valence-electron chi connectivity index (χ0n) is 12.7. The molecule has 0 aromatic heterocycles. The standard InChI is InChI=1S/C16H24F2N2O/c1-3-16(2,20-7-9-21-10-8-20)15(19)11-12-13(17)5-4-6-14(12)18/h4-6,15H,3,7-11,19H2,1-2H3. The van der Waals surface area contributed by atoms with Crippen molar-refractivity contribution in [2.75, 3.05) is 26.3 Å². The molecule has 5 heteroatoms. The Labute approximate surface area is 125 Å². The first-order valence-corrected chi connectivity index (χ1v) is 7.50. The van der Waals surface area contributed by atoms with Crippen molar-refractivity contribution in [1.82, 2.24) is 4.90 Å². The Morgan fingerprint density at radius 1 is 1.29 bits per heavy atom. The molecule has 1 saturated heterocycles. The van der Waals surface area contributed by atoms with Gasteiger partial charge in [0.15, 0.2) is 0 Å². The van der Waals surface area contributed by atoms with Crippen LogP contribution in [0, 0.1) is 11.6 Å². The number of hydrogen-bond acceptors (Lipinski definition) is 3. The summed E-state index contributed by atoms with van der Waals surface area (Å²) in [4.78, 5) is 2.28. The quantitative estimate of drug-likeness (QED) is 0.907. The summed E-state index contributed by atoms with van der Waals surface area (Å²) in [5, 5.41) is 0. The van der Waals surface area contributed by atoms with E-state index in [1.807, 2.05) is 0 Å². The van der Waals surface area contributed by atoms with Crippen LogP contribution in [0.15, 0.2) is 18.2 Å².